The second-order valence-electron chi connectivity index (χ2n) is 7.61. The van der Waals surface area contributed by atoms with Crippen molar-refractivity contribution in [2.75, 3.05) is 6.61 Å². The Morgan fingerprint density at radius 1 is 1.26 bits per heavy atom. The van der Waals surface area contributed by atoms with E-state index in [4.69, 9.17) is 5.14 Å². The summed E-state index contributed by atoms with van der Waals surface area (Å²) < 4.78 is 28.7. The quantitative estimate of drug-likeness (QED) is 0.383. The standard InChI is InChI=1S/C21H25N5O4S/c1-3-14(12-30-31(22,28)29)19(27)11-26-9-8-16-20(23-13(2)24-21(16)26)18-10-15-6-4-5-7-17(15)25-18/h4-10,14,19,25,27H,3,11-12H2,1-2H3,(H2,22,28,29)/t14-,19-/m0/s1. The molecule has 3 aromatic heterocycles. The van der Waals surface area contributed by atoms with Gasteiger partial charge in [0.05, 0.1) is 30.6 Å². The largest absolute Gasteiger partial charge is 0.391 e. The Labute approximate surface area is 180 Å². The molecule has 0 radical (unpaired) electrons. The zero-order chi connectivity index (χ0) is 22.2. The summed E-state index contributed by atoms with van der Waals surface area (Å²) in [6.07, 6.45) is 1.54. The summed E-state index contributed by atoms with van der Waals surface area (Å²) in [5.41, 5.74) is 3.40. The molecule has 0 bridgehead atoms. The van der Waals surface area contributed by atoms with E-state index in [1.165, 1.54) is 0 Å². The van der Waals surface area contributed by atoms with Crippen LogP contribution >= 0.6 is 0 Å². The van der Waals surface area contributed by atoms with E-state index in [0.717, 1.165) is 27.7 Å². The number of hydrogen-bond donors (Lipinski definition) is 3. The van der Waals surface area contributed by atoms with Crippen LogP contribution < -0.4 is 5.14 Å². The number of aliphatic hydroxyl groups excluding tert-OH is 1. The molecule has 10 heteroatoms. The first kappa shape index (κ1) is 21.4. The number of rotatable bonds is 8. The second kappa shape index (κ2) is 8.39. The van der Waals surface area contributed by atoms with Gasteiger partial charge < -0.3 is 14.7 Å². The van der Waals surface area contributed by atoms with Crippen molar-refractivity contribution in [1.82, 2.24) is 19.5 Å². The molecule has 3 heterocycles. The molecule has 0 fully saturated rings. The maximum Gasteiger partial charge on any atom is 0.333 e. The van der Waals surface area contributed by atoms with E-state index < -0.39 is 22.3 Å². The molecular formula is C21H25N5O4S. The Morgan fingerprint density at radius 3 is 2.74 bits per heavy atom. The first-order valence-electron chi connectivity index (χ1n) is 10.0. The van der Waals surface area contributed by atoms with Gasteiger partial charge in [-0.1, -0.05) is 25.1 Å². The van der Waals surface area contributed by atoms with Gasteiger partial charge in [0.2, 0.25) is 0 Å². The van der Waals surface area contributed by atoms with Crippen LogP contribution in [0.1, 0.15) is 19.2 Å². The molecular weight excluding hydrogens is 418 g/mol. The highest BCUT2D eigenvalue weighted by Gasteiger charge is 2.22. The Balaban J connectivity index is 1.66. The van der Waals surface area contributed by atoms with Crippen LogP contribution in [0.5, 0.6) is 0 Å². The summed E-state index contributed by atoms with van der Waals surface area (Å²) in [7, 11) is -4.05. The predicted octanol–water partition coefficient (Wildman–Crippen LogP) is 2.50. The van der Waals surface area contributed by atoms with E-state index in [0.29, 0.717) is 17.9 Å². The Kier molecular flexibility index (Phi) is 5.80. The van der Waals surface area contributed by atoms with Crippen LogP contribution in [-0.4, -0.2) is 45.8 Å². The molecule has 9 nitrogen and oxygen atoms in total. The molecule has 0 unspecified atom stereocenters. The molecule has 0 amide bonds. The summed E-state index contributed by atoms with van der Waals surface area (Å²) >= 11 is 0. The lowest BCUT2D eigenvalue weighted by Gasteiger charge is -2.21. The number of nitrogens with two attached hydrogens (primary N) is 1. The van der Waals surface area contributed by atoms with E-state index in [2.05, 4.69) is 25.2 Å². The summed E-state index contributed by atoms with van der Waals surface area (Å²) in [6.45, 7) is 3.74. The normalized spacial score (nSPS) is 14.3. The molecule has 4 aromatic rings. The number of nitrogens with one attached hydrogen (secondary N) is 1. The van der Waals surface area contributed by atoms with Crippen molar-refractivity contribution < 1.29 is 17.7 Å². The Morgan fingerprint density at radius 2 is 2.03 bits per heavy atom. The van der Waals surface area contributed by atoms with Gasteiger partial charge in [0.25, 0.3) is 0 Å². The first-order valence-corrected chi connectivity index (χ1v) is 11.5. The van der Waals surface area contributed by atoms with Crippen LogP contribution in [0.15, 0.2) is 42.6 Å². The molecule has 0 saturated heterocycles. The number of aromatic nitrogens is 4. The maximum absolute atomic E-state index is 11.1. The van der Waals surface area contributed by atoms with Crippen molar-refractivity contribution in [3.8, 4) is 11.4 Å². The van der Waals surface area contributed by atoms with Gasteiger partial charge in [-0.3, -0.25) is 4.18 Å². The van der Waals surface area contributed by atoms with Crippen molar-refractivity contribution in [3.05, 3.63) is 48.4 Å². The summed E-state index contributed by atoms with van der Waals surface area (Å²) in [5.74, 6) is 0.215. The zero-order valence-corrected chi connectivity index (χ0v) is 18.1. The van der Waals surface area contributed by atoms with Crippen LogP contribution in [0.3, 0.4) is 0 Å². The number of aromatic amines is 1. The van der Waals surface area contributed by atoms with Crippen molar-refractivity contribution in [2.24, 2.45) is 11.1 Å². The monoisotopic (exact) mass is 443 g/mol. The average molecular weight is 444 g/mol. The molecule has 2 atom stereocenters. The molecule has 0 spiro atoms. The van der Waals surface area contributed by atoms with Crippen molar-refractivity contribution in [1.29, 1.82) is 0 Å². The number of para-hydroxylation sites is 1. The molecule has 0 aliphatic heterocycles. The molecule has 0 aliphatic rings. The highest BCUT2D eigenvalue weighted by molar-refractivity contribution is 7.84. The molecule has 164 valence electrons. The van der Waals surface area contributed by atoms with Crippen LogP contribution in [0.25, 0.3) is 33.3 Å². The van der Waals surface area contributed by atoms with Crippen molar-refractivity contribution in [3.63, 3.8) is 0 Å². The molecule has 0 aliphatic carbocycles. The van der Waals surface area contributed by atoms with Crippen LogP contribution in [-0.2, 0) is 21.0 Å². The topological polar surface area (TPSA) is 136 Å². The lowest BCUT2D eigenvalue weighted by atomic mass is 10.0. The van der Waals surface area contributed by atoms with E-state index in [1.54, 1.807) is 0 Å². The number of nitrogens with zero attached hydrogens (tertiary/aromatic N) is 3. The minimum atomic E-state index is -4.05. The fraction of sp³-hybridized carbons (Fsp3) is 0.333. The van der Waals surface area contributed by atoms with Gasteiger partial charge in [0.1, 0.15) is 11.5 Å². The number of fused-ring (bicyclic) bond motifs is 2. The van der Waals surface area contributed by atoms with Crippen molar-refractivity contribution >= 4 is 32.2 Å². The van der Waals surface area contributed by atoms with E-state index in [-0.39, 0.29) is 13.2 Å². The first-order chi connectivity index (χ1) is 14.7. The van der Waals surface area contributed by atoms with Crippen LogP contribution in [0.2, 0.25) is 0 Å². The minimum absolute atomic E-state index is 0.177. The predicted molar refractivity (Wildman–Crippen MR) is 118 cm³/mol. The van der Waals surface area contributed by atoms with E-state index >= 15 is 0 Å². The van der Waals surface area contributed by atoms with E-state index in [1.807, 2.05) is 54.9 Å². The van der Waals surface area contributed by atoms with Gasteiger partial charge in [0, 0.05) is 28.4 Å². The number of hydrogen-bond acceptors (Lipinski definition) is 6. The second-order valence-corrected chi connectivity index (χ2v) is 8.83. The SMILES string of the molecule is CC[C@@H](COS(N)(=O)=O)[C@@H](O)Cn1ccc2c(-c3cc4ccccc4[nH]3)nc(C)nc21. The smallest absolute Gasteiger partial charge is 0.333 e. The lowest BCUT2D eigenvalue weighted by molar-refractivity contribution is 0.0616. The lowest BCUT2D eigenvalue weighted by Crippen LogP contribution is -2.31. The molecule has 1 aromatic carbocycles. The minimum Gasteiger partial charge on any atom is -0.391 e. The van der Waals surface area contributed by atoms with Crippen LogP contribution in [0, 0.1) is 12.8 Å². The highest BCUT2D eigenvalue weighted by atomic mass is 32.2. The number of aryl methyl sites for hydroxylation is 1. The third-order valence-corrected chi connectivity index (χ3v) is 5.88. The third-order valence-electron chi connectivity index (χ3n) is 5.41. The average Bonchev–Trinajstić information content (AvgIpc) is 3.31. The van der Waals surface area contributed by atoms with Gasteiger partial charge >= 0.3 is 10.3 Å². The van der Waals surface area contributed by atoms with E-state index in [9.17, 15) is 13.5 Å². The fourth-order valence-electron chi connectivity index (χ4n) is 3.76. The Hall–Kier alpha value is -2.79. The summed E-state index contributed by atoms with van der Waals surface area (Å²) in [5, 5.41) is 17.6. The number of aliphatic hydroxyl groups is 1. The van der Waals surface area contributed by atoms with Crippen molar-refractivity contribution in [2.45, 2.75) is 32.9 Å². The Bertz CT molecular complexity index is 1300. The van der Waals surface area contributed by atoms with Gasteiger partial charge in [-0.05, 0) is 31.5 Å². The summed E-state index contributed by atoms with van der Waals surface area (Å²) in [6, 6.07) is 12.0. The fourth-order valence-corrected chi connectivity index (χ4v) is 4.13. The molecule has 4 N–H and O–H groups in total. The molecule has 0 saturated carbocycles. The third kappa shape index (κ3) is 4.62. The summed E-state index contributed by atoms with van der Waals surface area (Å²) in [4.78, 5) is 12.6. The number of benzene rings is 1. The van der Waals surface area contributed by atoms with Gasteiger partial charge in [-0.15, -0.1) is 0 Å². The maximum atomic E-state index is 11.1. The van der Waals surface area contributed by atoms with Gasteiger partial charge in [-0.25, -0.2) is 15.1 Å². The van der Waals surface area contributed by atoms with Crippen LogP contribution in [0.4, 0.5) is 0 Å². The number of H-pyrrole nitrogens is 1. The zero-order valence-electron chi connectivity index (χ0n) is 17.3. The van der Waals surface area contributed by atoms with Gasteiger partial charge in [-0.2, -0.15) is 8.42 Å². The van der Waals surface area contributed by atoms with Gasteiger partial charge in [0.15, 0.2) is 0 Å². The molecule has 4 rings (SSSR count). The molecule has 31 heavy (non-hydrogen) atoms. The highest BCUT2D eigenvalue weighted by Crippen LogP contribution is 2.29.